The number of fused-ring (bicyclic) bond motifs is 1. The van der Waals surface area contributed by atoms with Crippen LogP contribution in [0, 0.1) is 11.7 Å². The summed E-state index contributed by atoms with van der Waals surface area (Å²) in [5.74, 6) is 1.33. The Labute approximate surface area is 171 Å². The molecular weight excluding hydrogens is 371 g/mol. The fourth-order valence-electron chi connectivity index (χ4n) is 3.42. The molecule has 1 N–H and O–H groups in total. The Bertz CT molecular complexity index is 841. The Morgan fingerprint density at radius 3 is 2.59 bits per heavy atom. The molecule has 156 valence electrons. The Balaban J connectivity index is 1.75. The molecule has 0 bridgehead atoms. The predicted octanol–water partition coefficient (Wildman–Crippen LogP) is 4.92. The number of rotatable bonds is 6. The minimum absolute atomic E-state index is 0.177. The number of amides is 2. The van der Waals surface area contributed by atoms with Gasteiger partial charge in [-0.15, -0.1) is 0 Å². The Morgan fingerprint density at radius 2 is 1.90 bits per heavy atom. The first-order valence-electron chi connectivity index (χ1n) is 10.2. The van der Waals surface area contributed by atoms with E-state index in [4.69, 9.17) is 9.47 Å². The van der Waals surface area contributed by atoms with Crippen LogP contribution in [-0.2, 0) is 6.54 Å². The lowest BCUT2D eigenvalue weighted by atomic mass is 9.95. The van der Waals surface area contributed by atoms with E-state index in [1.165, 1.54) is 12.1 Å². The zero-order chi connectivity index (χ0) is 20.8. The zero-order valence-electron chi connectivity index (χ0n) is 17.3. The lowest BCUT2D eigenvalue weighted by Crippen LogP contribution is -2.42. The van der Waals surface area contributed by atoms with Crippen molar-refractivity contribution in [2.24, 2.45) is 5.92 Å². The number of hydrogen-bond donors (Lipinski definition) is 1. The number of ether oxygens (including phenoxy) is 2. The molecule has 0 aromatic heterocycles. The summed E-state index contributed by atoms with van der Waals surface area (Å²) in [4.78, 5) is 14.6. The summed E-state index contributed by atoms with van der Waals surface area (Å²) in [6, 6.07) is 11.8. The van der Waals surface area contributed by atoms with Crippen molar-refractivity contribution in [1.82, 2.24) is 10.2 Å². The van der Waals surface area contributed by atoms with Crippen molar-refractivity contribution in [3.8, 4) is 11.5 Å². The molecule has 2 amide bonds. The Morgan fingerprint density at radius 1 is 1.14 bits per heavy atom. The highest BCUT2D eigenvalue weighted by Crippen LogP contribution is 2.34. The number of nitrogens with one attached hydrogen (secondary N) is 1. The van der Waals surface area contributed by atoms with E-state index in [0.29, 0.717) is 32.1 Å². The maximum Gasteiger partial charge on any atom is 0.318 e. The highest BCUT2D eigenvalue weighted by Gasteiger charge is 2.23. The van der Waals surface area contributed by atoms with Crippen LogP contribution in [0.3, 0.4) is 0 Å². The average Bonchev–Trinajstić information content (AvgIpc) is 2.94. The van der Waals surface area contributed by atoms with Gasteiger partial charge in [0.1, 0.15) is 5.82 Å². The second-order valence-corrected chi connectivity index (χ2v) is 7.57. The van der Waals surface area contributed by atoms with Crippen LogP contribution < -0.4 is 14.8 Å². The van der Waals surface area contributed by atoms with Crippen LogP contribution in [0.2, 0.25) is 0 Å². The van der Waals surface area contributed by atoms with Gasteiger partial charge in [0, 0.05) is 19.5 Å². The highest BCUT2D eigenvalue weighted by atomic mass is 19.1. The standard InChI is InChI=1S/C23H29FN2O3/c1-4-26(15-17-7-5-8-19(24)13-17)23(27)25-22(16(2)3)18-9-10-20-21(14-18)29-12-6-11-28-20/h5,7-10,13-14,16,22H,4,6,11-12,15H2,1-3H3,(H,25,27)/t22-/m0/s1. The topological polar surface area (TPSA) is 50.8 Å². The monoisotopic (exact) mass is 400 g/mol. The summed E-state index contributed by atoms with van der Waals surface area (Å²) >= 11 is 0. The number of carbonyl (C=O) groups is 1. The van der Waals surface area contributed by atoms with E-state index in [9.17, 15) is 9.18 Å². The van der Waals surface area contributed by atoms with Gasteiger partial charge in [-0.05, 0) is 48.2 Å². The molecule has 6 heteroatoms. The van der Waals surface area contributed by atoms with Crippen molar-refractivity contribution in [2.75, 3.05) is 19.8 Å². The van der Waals surface area contributed by atoms with E-state index in [1.54, 1.807) is 11.0 Å². The maximum atomic E-state index is 13.5. The molecule has 0 fully saturated rings. The Kier molecular flexibility index (Phi) is 6.96. The molecule has 1 aliphatic rings. The van der Waals surface area contributed by atoms with Crippen molar-refractivity contribution in [3.63, 3.8) is 0 Å². The van der Waals surface area contributed by atoms with E-state index >= 15 is 0 Å². The van der Waals surface area contributed by atoms with Crippen LogP contribution in [0.4, 0.5) is 9.18 Å². The van der Waals surface area contributed by atoms with E-state index in [2.05, 4.69) is 19.2 Å². The molecule has 2 aromatic rings. The SMILES string of the molecule is CCN(Cc1cccc(F)c1)C(=O)N[C@H](c1ccc2c(c1)OCCCO2)C(C)C. The molecule has 5 nitrogen and oxygen atoms in total. The van der Waals surface area contributed by atoms with Gasteiger partial charge in [-0.1, -0.05) is 32.0 Å². The lowest BCUT2D eigenvalue weighted by molar-refractivity contribution is 0.190. The first-order chi connectivity index (χ1) is 14.0. The number of nitrogens with zero attached hydrogens (tertiary/aromatic N) is 1. The molecule has 0 saturated heterocycles. The second kappa shape index (κ2) is 9.63. The van der Waals surface area contributed by atoms with E-state index in [0.717, 1.165) is 23.3 Å². The largest absolute Gasteiger partial charge is 0.490 e. The van der Waals surface area contributed by atoms with Gasteiger partial charge in [-0.3, -0.25) is 0 Å². The molecule has 3 rings (SSSR count). The minimum atomic E-state index is -0.300. The highest BCUT2D eigenvalue weighted by molar-refractivity contribution is 5.74. The van der Waals surface area contributed by atoms with Crippen molar-refractivity contribution in [3.05, 3.63) is 59.4 Å². The fraction of sp³-hybridized carbons (Fsp3) is 0.435. The molecule has 0 aliphatic carbocycles. The van der Waals surface area contributed by atoms with Crippen LogP contribution >= 0.6 is 0 Å². The van der Waals surface area contributed by atoms with Crippen LogP contribution in [0.25, 0.3) is 0 Å². The molecule has 0 radical (unpaired) electrons. The molecule has 29 heavy (non-hydrogen) atoms. The van der Waals surface area contributed by atoms with Crippen LogP contribution in [0.15, 0.2) is 42.5 Å². The van der Waals surface area contributed by atoms with Gasteiger partial charge >= 0.3 is 6.03 Å². The first-order valence-corrected chi connectivity index (χ1v) is 10.2. The number of hydrogen-bond acceptors (Lipinski definition) is 3. The van der Waals surface area contributed by atoms with Crippen molar-refractivity contribution in [1.29, 1.82) is 0 Å². The maximum absolute atomic E-state index is 13.5. The molecule has 1 heterocycles. The number of urea groups is 1. The van der Waals surface area contributed by atoms with Crippen molar-refractivity contribution >= 4 is 6.03 Å². The molecule has 0 unspecified atom stereocenters. The summed E-state index contributed by atoms with van der Waals surface area (Å²) in [6.07, 6.45) is 0.847. The van der Waals surface area contributed by atoms with Gasteiger partial charge in [0.15, 0.2) is 11.5 Å². The third kappa shape index (κ3) is 5.40. The zero-order valence-corrected chi connectivity index (χ0v) is 17.3. The van der Waals surface area contributed by atoms with Crippen LogP contribution in [-0.4, -0.2) is 30.7 Å². The quantitative estimate of drug-likeness (QED) is 0.749. The molecule has 1 atom stereocenters. The Hall–Kier alpha value is -2.76. The summed E-state index contributed by atoms with van der Waals surface area (Å²) in [5.41, 5.74) is 1.73. The molecule has 0 spiro atoms. The van der Waals surface area contributed by atoms with Gasteiger partial charge in [0.25, 0.3) is 0 Å². The summed E-state index contributed by atoms with van der Waals surface area (Å²) in [5, 5.41) is 3.14. The normalized spacial score (nSPS) is 14.2. The molecule has 2 aromatic carbocycles. The number of carbonyl (C=O) groups excluding carboxylic acids is 1. The molecular formula is C23H29FN2O3. The predicted molar refractivity (Wildman–Crippen MR) is 111 cm³/mol. The fourth-order valence-corrected chi connectivity index (χ4v) is 3.42. The van der Waals surface area contributed by atoms with Crippen molar-refractivity contribution < 1.29 is 18.7 Å². The summed E-state index contributed by atoms with van der Waals surface area (Å²) in [7, 11) is 0. The molecule has 0 saturated carbocycles. The first kappa shape index (κ1) is 21.0. The van der Waals surface area contributed by atoms with E-state index < -0.39 is 0 Å². The van der Waals surface area contributed by atoms with Gasteiger partial charge in [0.2, 0.25) is 0 Å². The lowest BCUT2D eigenvalue weighted by Gasteiger charge is -2.28. The smallest absolute Gasteiger partial charge is 0.318 e. The molecule has 1 aliphatic heterocycles. The van der Waals surface area contributed by atoms with Gasteiger partial charge in [-0.25, -0.2) is 9.18 Å². The third-order valence-electron chi connectivity index (χ3n) is 5.01. The van der Waals surface area contributed by atoms with Crippen LogP contribution in [0.1, 0.15) is 44.4 Å². The van der Waals surface area contributed by atoms with Crippen molar-refractivity contribution in [2.45, 2.75) is 39.8 Å². The number of halogens is 1. The minimum Gasteiger partial charge on any atom is -0.490 e. The number of benzene rings is 2. The average molecular weight is 400 g/mol. The van der Waals surface area contributed by atoms with Gasteiger partial charge in [-0.2, -0.15) is 0 Å². The second-order valence-electron chi connectivity index (χ2n) is 7.57. The van der Waals surface area contributed by atoms with E-state index in [-0.39, 0.29) is 23.8 Å². The summed E-state index contributed by atoms with van der Waals surface area (Å²) < 4.78 is 25.0. The van der Waals surface area contributed by atoms with Gasteiger partial charge in [0.05, 0.1) is 19.3 Å². The summed E-state index contributed by atoms with van der Waals surface area (Å²) in [6.45, 7) is 8.18. The van der Waals surface area contributed by atoms with Gasteiger partial charge < -0.3 is 19.7 Å². The van der Waals surface area contributed by atoms with Crippen LogP contribution in [0.5, 0.6) is 11.5 Å². The third-order valence-corrected chi connectivity index (χ3v) is 5.01. The van der Waals surface area contributed by atoms with E-state index in [1.807, 2.05) is 31.2 Å².